The average molecular weight is 468 g/mol. The number of aromatic nitrogens is 4. The van der Waals surface area contributed by atoms with Crippen LogP contribution < -0.4 is 10.6 Å². The van der Waals surface area contributed by atoms with E-state index in [0.717, 1.165) is 22.9 Å². The third-order valence-corrected chi connectivity index (χ3v) is 5.52. The molecule has 0 aliphatic heterocycles. The maximum absolute atomic E-state index is 14.5. The molecule has 0 aliphatic carbocycles. The van der Waals surface area contributed by atoms with Gasteiger partial charge >= 0.3 is 0 Å². The number of halogens is 1. The minimum atomic E-state index is -0.652. The van der Waals surface area contributed by atoms with E-state index in [4.69, 9.17) is 0 Å². The highest BCUT2D eigenvalue weighted by atomic mass is 19.1. The summed E-state index contributed by atoms with van der Waals surface area (Å²) in [5.74, 6) is -1.59. The molecular formula is C26H21FN6O2. The van der Waals surface area contributed by atoms with Crippen LogP contribution in [0, 0.1) is 5.82 Å². The summed E-state index contributed by atoms with van der Waals surface area (Å²) in [7, 11) is 1.82. The summed E-state index contributed by atoms with van der Waals surface area (Å²) in [6, 6.07) is 18.8. The maximum atomic E-state index is 14.5. The topological polar surface area (TPSA) is 93.3 Å². The van der Waals surface area contributed by atoms with Crippen molar-refractivity contribution in [3.05, 3.63) is 108 Å². The number of aryl methyl sites for hydroxylation is 1. The van der Waals surface area contributed by atoms with Gasteiger partial charge in [0.25, 0.3) is 11.8 Å². The van der Waals surface area contributed by atoms with Crippen molar-refractivity contribution >= 4 is 23.1 Å². The number of pyridine rings is 1. The highest BCUT2D eigenvalue weighted by Gasteiger charge is 2.17. The van der Waals surface area contributed by atoms with Crippen LogP contribution in [0.3, 0.4) is 0 Å². The molecule has 2 amide bonds. The van der Waals surface area contributed by atoms with Crippen LogP contribution in [-0.2, 0) is 13.6 Å². The fourth-order valence-electron chi connectivity index (χ4n) is 3.70. The summed E-state index contributed by atoms with van der Waals surface area (Å²) >= 11 is 0. The second kappa shape index (κ2) is 9.22. The molecule has 0 bridgehead atoms. The lowest BCUT2D eigenvalue weighted by molar-refractivity contribution is 0.0949. The van der Waals surface area contributed by atoms with Crippen molar-refractivity contribution in [3.63, 3.8) is 0 Å². The van der Waals surface area contributed by atoms with Crippen molar-refractivity contribution in [1.29, 1.82) is 0 Å². The van der Waals surface area contributed by atoms with Crippen LogP contribution in [0.5, 0.6) is 0 Å². The van der Waals surface area contributed by atoms with E-state index in [1.807, 2.05) is 55.7 Å². The first-order chi connectivity index (χ1) is 17.0. The van der Waals surface area contributed by atoms with Crippen molar-refractivity contribution in [2.75, 3.05) is 5.32 Å². The molecule has 5 rings (SSSR count). The molecule has 0 unspecified atom stereocenters. The normalized spacial score (nSPS) is 10.9. The Bertz CT molecular complexity index is 1540. The third-order valence-electron chi connectivity index (χ3n) is 5.52. The van der Waals surface area contributed by atoms with Gasteiger partial charge in [0, 0.05) is 37.1 Å². The molecule has 2 N–H and O–H groups in total. The van der Waals surface area contributed by atoms with Crippen LogP contribution in [0.1, 0.15) is 26.4 Å². The van der Waals surface area contributed by atoms with Gasteiger partial charge in [-0.3, -0.25) is 18.7 Å². The maximum Gasteiger partial charge on any atom is 0.274 e. The molecule has 5 aromatic rings. The Labute approximate surface area is 200 Å². The van der Waals surface area contributed by atoms with Crippen molar-refractivity contribution in [1.82, 2.24) is 24.5 Å². The number of fused-ring (bicyclic) bond motifs is 1. The molecule has 3 heterocycles. The Morgan fingerprint density at radius 1 is 1.00 bits per heavy atom. The van der Waals surface area contributed by atoms with Crippen molar-refractivity contribution in [2.45, 2.75) is 6.54 Å². The van der Waals surface area contributed by atoms with Crippen molar-refractivity contribution < 1.29 is 14.0 Å². The van der Waals surface area contributed by atoms with Gasteiger partial charge in [-0.2, -0.15) is 5.10 Å². The monoisotopic (exact) mass is 468 g/mol. The van der Waals surface area contributed by atoms with E-state index in [9.17, 15) is 14.0 Å². The molecule has 0 fully saturated rings. The number of imidazole rings is 1. The summed E-state index contributed by atoms with van der Waals surface area (Å²) in [4.78, 5) is 29.9. The van der Waals surface area contributed by atoms with Crippen LogP contribution in [-0.4, -0.2) is 31.0 Å². The van der Waals surface area contributed by atoms with E-state index >= 15 is 0 Å². The molecule has 8 nitrogen and oxygen atoms in total. The molecule has 35 heavy (non-hydrogen) atoms. The van der Waals surface area contributed by atoms with Crippen LogP contribution in [0.2, 0.25) is 0 Å². The third kappa shape index (κ3) is 4.65. The number of hydrogen-bond donors (Lipinski definition) is 2. The number of nitrogens with zero attached hydrogens (tertiary/aromatic N) is 4. The Hall–Kier alpha value is -4.79. The molecular weight excluding hydrogens is 447 g/mol. The number of rotatable bonds is 6. The fraction of sp³-hybridized carbons (Fsp3) is 0.0769. The average Bonchev–Trinajstić information content (AvgIpc) is 3.50. The minimum Gasteiger partial charge on any atom is -0.348 e. The van der Waals surface area contributed by atoms with E-state index < -0.39 is 11.7 Å². The zero-order valence-corrected chi connectivity index (χ0v) is 18.8. The zero-order valence-electron chi connectivity index (χ0n) is 18.8. The molecule has 3 aromatic heterocycles. The van der Waals surface area contributed by atoms with Crippen LogP contribution in [0.25, 0.3) is 16.9 Å². The summed E-state index contributed by atoms with van der Waals surface area (Å²) in [6.45, 7) is 0.333. The number of anilines is 1. The molecule has 2 aromatic carbocycles. The Balaban J connectivity index is 1.36. The first kappa shape index (κ1) is 22.0. The SMILES string of the molecule is Cn1ccc(-c2ccc3ncc(C(=O)Nc4cc(C(=O)NCc5ccccc5)ccc4F)n3c2)n1. The molecule has 0 aliphatic rings. The van der Waals surface area contributed by atoms with Gasteiger partial charge in [-0.25, -0.2) is 9.37 Å². The molecule has 0 radical (unpaired) electrons. The fourth-order valence-corrected chi connectivity index (χ4v) is 3.70. The number of benzene rings is 2. The molecule has 0 saturated carbocycles. The van der Waals surface area contributed by atoms with E-state index in [0.29, 0.717) is 12.2 Å². The highest BCUT2D eigenvalue weighted by molar-refractivity contribution is 6.04. The van der Waals surface area contributed by atoms with E-state index in [-0.39, 0.29) is 22.9 Å². The quantitative estimate of drug-likeness (QED) is 0.393. The lowest BCUT2D eigenvalue weighted by Crippen LogP contribution is -2.23. The Morgan fingerprint density at radius 2 is 1.83 bits per heavy atom. The van der Waals surface area contributed by atoms with Crippen molar-refractivity contribution in [3.8, 4) is 11.3 Å². The molecule has 0 atom stereocenters. The largest absolute Gasteiger partial charge is 0.348 e. The summed E-state index contributed by atoms with van der Waals surface area (Å²) in [6.07, 6.45) is 5.00. The second-order valence-electron chi connectivity index (χ2n) is 7.98. The van der Waals surface area contributed by atoms with Crippen LogP contribution in [0.4, 0.5) is 10.1 Å². The van der Waals surface area contributed by atoms with Gasteiger partial charge in [0.1, 0.15) is 17.2 Å². The number of carbonyl (C=O) groups is 2. The summed E-state index contributed by atoms with van der Waals surface area (Å²) in [5.41, 5.74) is 3.39. The lowest BCUT2D eigenvalue weighted by atomic mass is 10.1. The Kier molecular flexibility index (Phi) is 5.80. The van der Waals surface area contributed by atoms with Gasteiger partial charge in [0.05, 0.1) is 17.6 Å². The molecule has 9 heteroatoms. The molecule has 0 spiro atoms. The highest BCUT2D eigenvalue weighted by Crippen LogP contribution is 2.21. The van der Waals surface area contributed by atoms with E-state index in [2.05, 4.69) is 20.7 Å². The summed E-state index contributed by atoms with van der Waals surface area (Å²) in [5, 5.41) is 9.74. The number of nitrogens with one attached hydrogen (secondary N) is 2. The predicted molar refractivity (Wildman–Crippen MR) is 129 cm³/mol. The first-order valence-corrected chi connectivity index (χ1v) is 10.9. The van der Waals surface area contributed by atoms with Gasteiger partial charge in [-0.15, -0.1) is 0 Å². The number of amides is 2. The van der Waals surface area contributed by atoms with Gasteiger partial charge in [0.2, 0.25) is 0 Å². The van der Waals surface area contributed by atoms with Crippen LogP contribution >= 0.6 is 0 Å². The molecule has 0 saturated heterocycles. The zero-order chi connectivity index (χ0) is 24.4. The smallest absolute Gasteiger partial charge is 0.274 e. The second-order valence-corrected chi connectivity index (χ2v) is 7.98. The lowest BCUT2D eigenvalue weighted by Gasteiger charge is -2.10. The Morgan fingerprint density at radius 3 is 2.60 bits per heavy atom. The van der Waals surface area contributed by atoms with E-state index in [1.54, 1.807) is 21.3 Å². The first-order valence-electron chi connectivity index (χ1n) is 10.9. The van der Waals surface area contributed by atoms with Crippen LogP contribution in [0.15, 0.2) is 85.3 Å². The van der Waals surface area contributed by atoms with Gasteiger partial charge < -0.3 is 10.6 Å². The van der Waals surface area contributed by atoms with Gasteiger partial charge in [-0.1, -0.05) is 30.3 Å². The minimum absolute atomic E-state index is 0.0989. The molecule has 174 valence electrons. The van der Waals surface area contributed by atoms with Gasteiger partial charge in [-0.05, 0) is 42.0 Å². The number of hydrogen-bond acceptors (Lipinski definition) is 4. The summed E-state index contributed by atoms with van der Waals surface area (Å²) < 4.78 is 17.8. The standard InChI is InChI=1S/C26H21FN6O2/c1-32-12-11-21(31-32)19-8-10-24-28-15-23(33(24)16-19)26(35)30-22-13-18(7-9-20(22)27)25(34)29-14-17-5-3-2-4-6-17/h2-13,15-16H,14H2,1H3,(H,29,34)(H,30,35). The van der Waals surface area contributed by atoms with E-state index in [1.165, 1.54) is 18.3 Å². The van der Waals surface area contributed by atoms with Gasteiger partial charge in [0.15, 0.2) is 0 Å². The number of carbonyl (C=O) groups excluding carboxylic acids is 2. The van der Waals surface area contributed by atoms with Crippen molar-refractivity contribution in [2.24, 2.45) is 7.05 Å². The predicted octanol–water partition coefficient (Wildman–Crippen LogP) is 4.06.